The van der Waals surface area contributed by atoms with Crippen LogP contribution in [0.15, 0.2) is 49.6 Å². The lowest BCUT2D eigenvalue weighted by molar-refractivity contribution is 0.125. The highest BCUT2D eigenvalue weighted by molar-refractivity contribution is 5.25. The molecule has 23 heavy (non-hydrogen) atoms. The molecule has 1 aliphatic rings. The van der Waals surface area contributed by atoms with Gasteiger partial charge in [-0.15, -0.1) is 13.2 Å². The average Bonchev–Trinajstić information content (AvgIpc) is 2.60. The Morgan fingerprint density at radius 3 is 2.30 bits per heavy atom. The van der Waals surface area contributed by atoms with Crippen LogP contribution in [0, 0.1) is 5.92 Å². The van der Waals surface area contributed by atoms with Crippen LogP contribution in [0.3, 0.4) is 0 Å². The first kappa shape index (κ1) is 18.0. The number of benzene rings is 1. The van der Waals surface area contributed by atoms with E-state index in [-0.39, 0.29) is 0 Å². The van der Waals surface area contributed by atoms with Crippen molar-refractivity contribution in [1.82, 2.24) is 0 Å². The molecule has 0 saturated heterocycles. The molecule has 1 nitrogen and oxygen atoms in total. The highest BCUT2D eigenvalue weighted by Crippen LogP contribution is 2.37. The number of allylic oxidation sites excluding steroid dienone is 1. The molecule has 1 aliphatic carbocycles. The van der Waals surface area contributed by atoms with Crippen molar-refractivity contribution in [3.63, 3.8) is 0 Å². The molecule has 0 amide bonds. The summed E-state index contributed by atoms with van der Waals surface area (Å²) in [5.74, 6) is 1.71. The molecule has 126 valence electrons. The van der Waals surface area contributed by atoms with E-state index in [4.69, 9.17) is 4.74 Å². The van der Waals surface area contributed by atoms with E-state index < -0.39 is 0 Å². The second-order valence-corrected chi connectivity index (χ2v) is 6.81. The quantitative estimate of drug-likeness (QED) is 0.358. The van der Waals surface area contributed by atoms with Crippen LogP contribution in [0.1, 0.15) is 68.4 Å². The van der Waals surface area contributed by atoms with Crippen LogP contribution in [-0.4, -0.2) is 6.61 Å². The fourth-order valence-corrected chi connectivity index (χ4v) is 3.58. The molecule has 0 radical (unpaired) electrons. The topological polar surface area (TPSA) is 9.23 Å². The van der Waals surface area contributed by atoms with Gasteiger partial charge < -0.3 is 4.74 Å². The Labute approximate surface area is 142 Å². The van der Waals surface area contributed by atoms with E-state index in [0.717, 1.165) is 24.9 Å². The molecule has 0 heterocycles. The Morgan fingerprint density at radius 1 is 0.957 bits per heavy atom. The smallest absolute Gasteiger partial charge is 0.0717 e. The molecule has 1 aromatic carbocycles. The summed E-state index contributed by atoms with van der Waals surface area (Å²) in [6.07, 6.45) is 14.3. The summed E-state index contributed by atoms with van der Waals surface area (Å²) >= 11 is 0. The van der Waals surface area contributed by atoms with Crippen LogP contribution in [-0.2, 0) is 11.3 Å². The second-order valence-electron chi connectivity index (χ2n) is 6.81. The third-order valence-electron chi connectivity index (χ3n) is 5.05. The van der Waals surface area contributed by atoms with Crippen molar-refractivity contribution in [2.75, 3.05) is 6.61 Å². The average molecular weight is 312 g/mol. The van der Waals surface area contributed by atoms with Crippen LogP contribution < -0.4 is 0 Å². The lowest BCUT2D eigenvalue weighted by atomic mass is 9.77. The molecule has 1 heteroatoms. The van der Waals surface area contributed by atoms with Crippen LogP contribution in [0.25, 0.3) is 0 Å². The standard InChI is InChI=1S/C22H32O/c1-3-5-7-8-19-9-13-21(14-10-19)22-15-11-20(12-16-22)18-23-17-6-4-2/h3-4,11-12,15-16,19,21H,1-2,5-10,13-14,17-18H2. The third kappa shape index (κ3) is 6.35. The molecular formula is C22H32O. The summed E-state index contributed by atoms with van der Waals surface area (Å²) in [5, 5.41) is 0. The number of hydrogen-bond donors (Lipinski definition) is 0. The third-order valence-corrected chi connectivity index (χ3v) is 5.05. The SMILES string of the molecule is C=CCCCC1CCC(c2ccc(COCCC=C)cc2)CC1. The summed E-state index contributed by atoms with van der Waals surface area (Å²) in [4.78, 5) is 0. The van der Waals surface area contributed by atoms with Gasteiger partial charge in [0.15, 0.2) is 0 Å². The highest BCUT2D eigenvalue weighted by atomic mass is 16.5. The Balaban J connectivity index is 1.73. The molecule has 0 spiro atoms. The normalized spacial score (nSPS) is 21.0. The lowest BCUT2D eigenvalue weighted by Crippen LogP contribution is -2.13. The van der Waals surface area contributed by atoms with Crippen molar-refractivity contribution in [2.45, 2.75) is 63.9 Å². The first-order valence-electron chi connectivity index (χ1n) is 9.22. The Morgan fingerprint density at radius 2 is 1.65 bits per heavy atom. The van der Waals surface area contributed by atoms with E-state index in [9.17, 15) is 0 Å². The van der Waals surface area contributed by atoms with E-state index >= 15 is 0 Å². The molecule has 0 unspecified atom stereocenters. The zero-order valence-corrected chi connectivity index (χ0v) is 14.5. The summed E-state index contributed by atoms with van der Waals surface area (Å²) < 4.78 is 5.63. The first-order chi connectivity index (χ1) is 11.3. The minimum atomic E-state index is 0.712. The molecule has 1 fully saturated rings. The number of hydrogen-bond acceptors (Lipinski definition) is 1. The van der Waals surface area contributed by atoms with E-state index in [2.05, 4.69) is 37.4 Å². The fraction of sp³-hybridized carbons (Fsp3) is 0.545. The van der Waals surface area contributed by atoms with Crippen molar-refractivity contribution in [3.8, 4) is 0 Å². The highest BCUT2D eigenvalue weighted by Gasteiger charge is 2.21. The Bertz CT molecular complexity index is 451. The van der Waals surface area contributed by atoms with Gasteiger partial charge in [-0.3, -0.25) is 0 Å². The van der Waals surface area contributed by atoms with Gasteiger partial charge in [-0.2, -0.15) is 0 Å². The number of ether oxygens (including phenoxy) is 1. The molecule has 0 aliphatic heterocycles. The Hall–Kier alpha value is -1.34. The predicted molar refractivity (Wildman–Crippen MR) is 99.7 cm³/mol. The first-order valence-corrected chi connectivity index (χ1v) is 9.22. The minimum Gasteiger partial charge on any atom is -0.376 e. The largest absolute Gasteiger partial charge is 0.376 e. The van der Waals surface area contributed by atoms with Gasteiger partial charge in [0, 0.05) is 0 Å². The zero-order valence-electron chi connectivity index (χ0n) is 14.5. The van der Waals surface area contributed by atoms with Gasteiger partial charge in [0.05, 0.1) is 13.2 Å². The molecule has 0 N–H and O–H groups in total. The summed E-state index contributed by atoms with van der Waals surface area (Å²) in [6.45, 7) is 9.00. The minimum absolute atomic E-state index is 0.712. The van der Waals surface area contributed by atoms with Gasteiger partial charge in [-0.1, -0.05) is 42.8 Å². The lowest BCUT2D eigenvalue weighted by Gasteiger charge is -2.29. The van der Waals surface area contributed by atoms with Crippen LogP contribution in [0.4, 0.5) is 0 Å². The van der Waals surface area contributed by atoms with E-state index in [0.29, 0.717) is 6.61 Å². The second kappa shape index (κ2) is 10.4. The van der Waals surface area contributed by atoms with Crippen LogP contribution in [0.2, 0.25) is 0 Å². The molecule has 2 rings (SSSR count). The van der Waals surface area contributed by atoms with Gasteiger partial charge >= 0.3 is 0 Å². The summed E-state index contributed by atoms with van der Waals surface area (Å²) in [5.41, 5.74) is 2.79. The van der Waals surface area contributed by atoms with E-state index in [1.165, 1.54) is 56.1 Å². The molecule has 0 atom stereocenters. The van der Waals surface area contributed by atoms with Gasteiger partial charge in [-0.05, 0) is 67.9 Å². The zero-order chi connectivity index (χ0) is 16.3. The Kier molecular flexibility index (Phi) is 8.17. The van der Waals surface area contributed by atoms with Gasteiger partial charge in [0.1, 0.15) is 0 Å². The van der Waals surface area contributed by atoms with E-state index in [1.54, 1.807) is 0 Å². The molecule has 0 aromatic heterocycles. The number of rotatable bonds is 10. The number of unbranched alkanes of at least 4 members (excludes halogenated alkanes) is 1. The molecule has 1 aromatic rings. The van der Waals surface area contributed by atoms with Crippen molar-refractivity contribution >= 4 is 0 Å². The fourth-order valence-electron chi connectivity index (χ4n) is 3.58. The summed E-state index contributed by atoms with van der Waals surface area (Å²) in [7, 11) is 0. The monoisotopic (exact) mass is 312 g/mol. The molecule has 0 bridgehead atoms. The van der Waals surface area contributed by atoms with Gasteiger partial charge in [0.25, 0.3) is 0 Å². The van der Waals surface area contributed by atoms with Gasteiger partial charge in [-0.25, -0.2) is 0 Å². The maximum absolute atomic E-state index is 5.63. The predicted octanol–water partition coefficient (Wildman–Crippen LogP) is 6.41. The van der Waals surface area contributed by atoms with Crippen molar-refractivity contribution in [3.05, 3.63) is 60.7 Å². The molecular weight excluding hydrogens is 280 g/mol. The maximum Gasteiger partial charge on any atom is 0.0717 e. The van der Waals surface area contributed by atoms with Gasteiger partial charge in [0.2, 0.25) is 0 Å². The summed E-state index contributed by atoms with van der Waals surface area (Å²) in [6, 6.07) is 9.10. The van der Waals surface area contributed by atoms with Crippen molar-refractivity contribution in [2.24, 2.45) is 5.92 Å². The van der Waals surface area contributed by atoms with E-state index in [1.807, 2.05) is 12.2 Å². The van der Waals surface area contributed by atoms with Crippen molar-refractivity contribution in [1.29, 1.82) is 0 Å². The maximum atomic E-state index is 5.63. The van der Waals surface area contributed by atoms with Crippen molar-refractivity contribution < 1.29 is 4.74 Å². The van der Waals surface area contributed by atoms with Crippen LogP contribution in [0.5, 0.6) is 0 Å². The molecule has 1 saturated carbocycles. The van der Waals surface area contributed by atoms with Crippen LogP contribution >= 0.6 is 0 Å².